The first-order valence-electron chi connectivity index (χ1n) is 12.7. The van der Waals surface area contributed by atoms with Crippen LogP contribution in [0.4, 0.5) is 5.69 Å². The largest absolute Gasteiger partial charge is 0.489 e. The SMILES string of the molecule is C=C(/C=C1/C(c2ccc(OC3CCOCC3)c(C#N)c2)=CNC1=NC)c1ccc(N2CCOCC2)cc1. The van der Waals surface area contributed by atoms with Crippen molar-refractivity contribution in [3.05, 3.63) is 83.6 Å². The van der Waals surface area contributed by atoms with Crippen LogP contribution in [0.15, 0.2) is 71.9 Å². The van der Waals surface area contributed by atoms with E-state index < -0.39 is 0 Å². The molecule has 3 aliphatic heterocycles. The molecule has 0 unspecified atom stereocenters. The van der Waals surface area contributed by atoms with E-state index >= 15 is 0 Å². The second-order valence-corrected chi connectivity index (χ2v) is 9.26. The quantitative estimate of drug-likeness (QED) is 0.632. The minimum absolute atomic E-state index is 0.0753. The van der Waals surface area contributed by atoms with Crippen molar-refractivity contribution in [2.24, 2.45) is 4.99 Å². The Bertz CT molecular complexity index is 1270. The third-order valence-corrected chi connectivity index (χ3v) is 6.93. The summed E-state index contributed by atoms with van der Waals surface area (Å²) in [6, 6.07) is 16.6. The molecule has 1 N–H and O–H groups in total. The summed E-state index contributed by atoms with van der Waals surface area (Å²) < 4.78 is 17.0. The van der Waals surface area contributed by atoms with Gasteiger partial charge in [-0.3, -0.25) is 4.99 Å². The number of anilines is 1. The molecule has 37 heavy (non-hydrogen) atoms. The summed E-state index contributed by atoms with van der Waals surface area (Å²) in [5.74, 6) is 1.38. The van der Waals surface area contributed by atoms with Crippen LogP contribution in [0.5, 0.6) is 5.75 Å². The molecule has 3 heterocycles. The molecule has 2 aromatic carbocycles. The van der Waals surface area contributed by atoms with Crippen molar-refractivity contribution in [2.75, 3.05) is 51.5 Å². The Hall–Kier alpha value is -3.86. The average molecular weight is 497 g/mol. The van der Waals surface area contributed by atoms with E-state index in [-0.39, 0.29) is 6.10 Å². The van der Waals surface area contributed by atoms with E-state index in [2.05, 4.69) is 58.2 Å². The zero-order chi connectivity index (χ0) is 25.6. The van der Waals surface area contributed by atoms with E-state index in [1.165, 1.54) is 5.69 Å². The van der Waals surface area contributed by atoms with Gasteiger partial charge in [0, 0.05) is 56.0 Å². The smallest absolute Gasteiger partial charge is 0.137 e. The summed E-state index contributed by atoms with van der Waals surface area (Å²) in [5.41, 5.74) is 6.46. The molecule has 0 atom stereocenters. The molecule has 0 saturated carbocycles. The van der Waals surface area contributed by atoms with Crippen LogP contribution >= 0.6 is 0 Å². The number of benzene rings is 2. The molecule has 7 heteroatoms. The Morgan fingerprint density at radius 3 is 2.54 bits per heavy atom. The van der Waals surface area contributed by atoms with Crippen LogP contribution in [-0.4, -0.2) is 58.5 Å². The third-order valence-electron chi connectivity index (χ3n) is 6.93. The highest BCUT2D eigenvalue weighted by Crippen LogP contribution is 2.33. The average Bonchev–Trinajstić information content (AvgIpc) is 3.36. The number of hydrogen-bond acceptors (Lipinski definition) is 6. The molecule has 0 bridgehead atoms. The van der Waals surface area contributed by atoms with Crippen LogP contribution in [-0.2, 0) is 9.47 Å². The molecule has 7 nitrogen and oxygen atoms in total. The number of aliphatic imine (C=N–C) groups is 1. The van der Waals surface area contributed by atoms with Crippen molar-refractivity contribution in [2.45, 2.75) is 18.9 Å². The number of nitriles is 1. The second-order valence-electron chi connectivity index (χ2n) is 9.26. The fourth-order valence-corrected chi connectivity index (χ4v) is 4.82. The Labute approximate surface area is 218 Å². The third kappa shape index (κ3) is 5.61. The molecule has 0 aliphatic carbocycles. The maximum Gasteiger partial charge on any atom is 0.137 e. The number of rotatable bonds is 6. The number of morpholine rings is 1. The fourth-order valence-electron chi connectivity index (χ4n) is 4.82. The first-order valence-corrected chi connectivity index (χ1v) is 12.7. The Balaban J connectivity index is 1.37. The Morgan fingerprint density at radius 2 is 1.84 bits per heavy atom. The number of allylic oxidation sites excluding steroid dienone is 2. The minimum atomic E-state index is 0.0753. The molecule has 5 rings (SSSR count). The number of hydrogen-bond donors (Lipinski definition) is 1. The molecule has 0 amide bonds. The topological polar surface area (TPSA) is 79.1 Å². The molecule has 0 aromatic heterocycles. The van der Waals surface area contributed by atoms with E-state index in [0.717, 1.165) is 72.8 Å². The first-order chi connectivity index (χ1) is 18.2. The standard InChI is InChI=1S/C30H32N4O3/c1-21(22-3-6-25(7-4-22)34-11-15-36-16-12-34)17-27-28(20-33-30(27)32-2)23-5-8-29(24(18-23)19-31)37-26-9-13-35-14-10-26/h3-8,17-18,20,26H,1,9-16H2,2H3,(H,32,33)/b27-17-. The predicted octanol–water partition coefficient (Wildman–Crippen LogP) is 4.56. The zero-order valence-electron chi connectivity index (χ0n) is 21.2. The van der Waals surface area contributed by atoms with Gasteiger partial charge in [0.1, 0.15) is 23.8 Å². The van der Waals surface area contributed by atoms with E-state index in [1.54, 1.807) is 7.05 Å². The van der Waals surface area contributed by atoms with E-state index in [9.17, 15) is 5.26 Å². The summed E-state index contributed by atoms with van der Waals surface area (Å²) in [4.78, 5) is 6.76. The molecular weight excluding hydrogens is 464 g/mol. The summed E-state index contributed by atoms with van der Waals surface area (Å²) >= 11 is 0. The molecule has 190 valence electrons. The number of ether oxygens (including phenoxy) is 3. The van der Waals surface area contributed by atoms with Gasteiger partial charge >= 0.3 is 0 Å². The highest BCUT2D eigenvalue weighted by atomic mass is 16.5. The van der Waals surface area contributed by atoms with Gasteiger partial charge in [-0.1, -0.05) is 24.8 Å². The van der Waals surface area contributed by atoms with Crippen LogP contribution in [0.25, 0.3) is 11.1 Å². The van der Waals surface area contributed by atoms with Crippen LogP contribution in [0.3, 0.4) is 0 Å². The van der Waals surface area contributed by atoms with Crippen molar-refractivity contribution >= 4 is 22.7 Å². The van der Waals surface area contributed by atoms with Gasteiger partial charge in [0.2, 0.25) is 0 Å². The summed E-state index contributed by atoms with van der Waals surface area (Å²) in [5, 5.41) is 13.1. The van der Waals surface area contributed by atoms with E-state index in [4.69, 9.17) is 14.2 Å². The van der Waals surface area contributed by atoms with Gasteiger partial charge in [-0.25, -0.2) is 0 Å². The predicted molar refractivity (Wildman–Crippen MR) is 147 cm³/mol. The van der Waals surface area contributed by atoms with Crippen molar-refractivity contribution in [1.82, 2.24) is 5.32 Å². The molecule has 0 radical (unpaired) electrons. The molecule has 2 fully saturated rings. The van der Waals surface area contributed by atoms with Gasteiger partial charge in [-0.15, -0.1) is 0 Å². The van der Waals surface area contributed by atoms with Crippen LogP contribution < -0.4 is 15.0 Å². The monoisotopic (exact) mass is 496 g/mol. The molecule has 2 saturated heterocycles. The maximum atomic E-state index is 9.84. The number of nitrogens with one attached hydrogen (secondary N) is 1. The van der Waals surface area contributed by atoms with Crippen molar-refractivity contribution in [3.63, 3.8) is 0 Å². The zero-order valence-corrected chi connectivity index (χ0v) is 21.2. The van der Waals surface area contributed by atoms with E-state index in [1.807, 2.05) is 24.4 Å². The van der Waals surface area contributed by atoms with Gasteiger partial charge in [-0.05, 0) is 47.0 Å². The minimum Gasteiger partial charge on any atom is -0.489 e. The second kappa shape index (κ2) is 11.5. The van der Waals surface area contributed by atoms with E-state index in [0.29, 0.717) is 24.5 Å². The fraction of sp³-hybridized carbons (Fsp3) is 0.333. The lowest BCUT2D eigenvalue weighted by molar-refractivity contribution is 0.0254. The van der Waals surface area contributed by atoms with Gasteiger partial charge in [0.05, 0.1) is 32.0 Å². The maximum absolute atomic E-state index is 9.84. The highest BCUT2D eigenvalue weighted by Gasteiger charge is 2.22. The van der Waals surface area contributed by atoms with Crippen molar-refractivity contribution in [3.8, 4) is 11.8 Å². The molecule has 0 spiro atoms. The number of amidine groups is 1. The van der Waals surface area contributed by atoms with Crippen LogP contribution in [0.1, 0.15) is 29.5 Å². The Kier molecular flexibility index (Phi) is 7.69. The Morgan fingerprint density at radius 1 is 1.11 bits per heavy atom. The summed E-state index contributed by atoms with van der Waals surface area (Å²) in [7, 11) is 1.76. The lowest BCUT2D eigenvalue weighted by atomic mass is 9.95. The molecule has 2 aromatic rings. The number of nitrogens with zero attached hydrogens (tertiary/aromatic N) is 3. The summed E-state index contributed by atoms with van der Waals surface area (Å²) in [6.07, 6.45) is 5.72. The first kappa shape index (κ1) is 24.8. The van der Waals surface area contributed by atoms with Gasteiger partial charge in [0.25, 0.3) is 0 Å². The normalized spacial score (nSPS) is 20.4. The molecular formula is C30H32N4O3. The van der Waals surface area contributed by atoms with Crippen LogP contribution in [0, 0.1) is 11.3 Å². The van der Waals surface area contributed by atoms with Gasteiger partial charge in [0.15, 0.2) is 0 Å². The summed E-state index contributed by atoms with van der Waals surface area (Å²) in [6.45, 7) is 9.06. The molecule has 3 aliphatic rings. The van der Waals surface area contributed by atoms with Crippen LogP contribution in [0.2, 0.25) is 0 Å². The van der Waals surface area contributed by atoms with Crippen molar-refractivity contribution < 1.29 is 14.2 Å². The van der Waals surface area contributed by atoms with Gasteiger partial charge in [-0.2, -0.15) is 5.26 Å². The lowest BCUT2D eigenvalue weighted by Crippen LogP contribution is -2.36. The lowest BCUT2D eigenvalue weighted by Gasteiger charge is -2.29. The van der Waals surface area contributed by atoms with Gasteiger partial charge < -0.3 is 24.4 Å². The highest BCUT2D eigenvalue weighted by molar-refractivity contribution is 6.17. The van der Waals surface area contributed by atoms with Crippen molar-refractivity contribution in [1.29, 1.82) is 5.26 Å².